The highest BCUT2D eigenvalue weighted by Gasteiger charge is 2.25. The van der Waals surface area contributed by atoms with Crippen molar-refractivity contribution in [1.29, 1.82) is 0 Å². The summed E-state index contributed by atoms with van der Waals surface area (Å²) in [7, 11) is 0. The maximum atomic E-state index is 13.1. The van der Waals surface area contributed by atoms with Gasteiger partial charge >= 0.3 is 5.97 Å². The molecule has 2 heterocycles. The number of aromatic nitrogens is 1. The molecule has 3 aromatic rings. The first kappa shape index (κ1) is 16.5. The minimum atomic E-state index is -0.972. The Labute approximate surface area is 153 Å². The van der Waals surface area contributed by atoms with Gasteiger partial charge in [0.25, 0.3) is 5.91 Å². The molecule has 1 aromatic heterocycles. The van der Waals surface area contributed by atoms with Crippen LogP contribution in [0.5, 0.6) is 11.5 Å². The van der Waals surface area contributed by atoms with E-state index in [1.165, 1.54) is 4.57 Å². The summed E-state index contributed by atoms with van der Waals surface area (Å²) in [6, 6.07) is 10.1. The number of halogens is 1. The van der Waals surface area contributed by atoms with E-state index in [0.717, 1.165) is 0 Å². The predicted octanol–water partition coefficient (Wildman–Crippen LogP) is 3.65. The van der Waals surface area contributed by atoms with Crippen LogP contribution >= 0.6 is 11.6 Å². The van der Waals surface area contributed by atoms with Crippen LogP contribution in [0.2, 0.25) is 5.02 Å². The van der Waals surface area contributed by atoms with Gasteiger partial charge < -0.3 is 14.6 Å². The lowest BCUT2D eigenvalue weighted by Crippen LogP contribution is -2.14. The summed E-state index contributed by atoms with van der Waals surface area (Å²) in [4.78, 5) is 24.4. The van der Waals surface area contributed by atoms with E-state index in [-0.39, 0.29) is 19.1 Å². The fourth-order valence-corrected chi connectivity index (χ4v) is 3.45. The number of carboxylic acid groups (broad SMARTS) is 1. The normalized spacial score (nSPS) is 12.5. The van der Waals surface area contributed by atoms with Crippen molar-refractivity contribution < 1.29 is 24.2 Å². The topological polar surface area (TPSA) is 77.8 Å². The maximum Gasteiger partial charge on any atom is 0.307 e. The zero-order valence-electron chi connectivity index (χ0n) is 13.8. The van der Waals surface area contributed by atoms with E-state index in [9.17, 15) is 14.7 Å². The van der Waals surface area contributed by atoms with Crippen molar-refractivity contribution in [3.05, 3.63) is 58.2 Å². The molecule has 1 N–H and O–H groups in total. The second kappa shape index (κ2) is 6.07. The molecular formula is C19H14ClNO5. The lowest BCUT2D eigenvalue weighted by molar-refractivity contribution is -0.136. The second-order valence-corrected chi connectivity index (χ2v) is 6.44. The summed E-state index contributed by atoms with van der Waals surface area (Å²) in [6.07, 6.45) is -0.197. The van der Waals surface area contributed by atoms with Crippen LogP contribution in [0, 0.1) is 6.92 Å². The molecule has 0 unspecified atom stereocenters. The van der Waals surface area contributed by atoms with Gasteiger partial charge in [0.2, 0.25) is 6.79 Å². The number of ether oxygens (including phenoxy) is 2. The Morgan fingerprint density at radius 2 is 1.92 bits per heavy atom. The number of rotatable bonds is 3. The number of carboxylic acids is 1. The van der Waals surface area contributed by atoms with Crippen molar-refractivity contribution in [1.82, 2.24) is 4.57 Å². The summed E-state index contributed by atoms with van der Waals surface area (Å²) in [6.45, 7) is 1.82. The molecule has 0 amide bonds. The molecule has 0 aliphatic carbocycles. The number of nitrogens with zero attached hydrogens (tertiary/aromatic N) is 1. The van der Waals surface area contributed by atoms with Crippen LogP contribution in [-0.4, -0.2) is 28.3 Å². The molecule has 132 valence electrons. The molecular weight excluding hydrogens is 358 g/mol. The molecule has 0 saturated carbocycles. The molecule has 0 radical (unpaired) electrons. The monoisotopic (exact) mass is 371 g/mol. The standard InChI is InChI=1S/C19H14ClNO5/c1-10-13(7-18(22)23)14-6-16-17(26-9-25-16)8-15(14)21(10)19(24)11-3-2-4-12(20)5-11/h2-6,8H,7,9H2,1H3,(H,22,23). The summed E-state index contributed by atoms with van der Waals surface area (Å²) >= 11 is 6.01. The van der Waals surface area contributed by atoms with Gasteiger partial charge in [-0.1, -0.05) is 17.7 Å². The minimum absolute atomic E-state index is 0.0947. The van der Waals surface area contributed by atoms with Gasteiger partial charge in [0.1, 0.15) is 0 Å². The van der Waals surface area contributed by atoms with Gasteiger partial charge in [-0.2, -0.15) is 0 Å². The SMILES string of the molecule is Cc1c(CC(=O)O)c2cc3c(cc2n1C(=O)c1cccc(Cl)c1)OCO3. The van der Waals surface area contributed by atoms with Crippen LogP contribution in [0.1, 0.15) is 21.6 Å². The Kier molecular flexibility index (Phi) is 3.85. The van der Waals surface area contributed by atoms with Crippen LogP contribution in [0.25, 0.3) is 10.9 Å². The lowest BCUT2D eigenvalue weighted by Gasteiger charge is -2.08. The van der Waals surface area contributed by atoms with E-state index in [0.29, 0.717) is 44.2 Å². The van der Waals surface area contributed by atoms with Crippen molar-refractivity contribution in [2.75, 3.05) is 6.79 Å². The quantitative estimate of drug-likeness (QED) is 0.760. The number of hydrogen-bond donors (Lipinski definition) is 1. The van der Waals surface area contributed by atoms with E-state index in [1.807, 2.05) is 0 Å². The molecule has 0 bridgehead atoms. The summed E-state index contributed by atoms with van der Waals surface area (Å²) in [5.41, 5.74) is 2.13. The molecule has 1 aliphatic heterocycles. The van der Waals surface area contributed by atoms with Crippen molar-refractivity contribution in [2.45, 2.75) is 13.3 Å². The molecule has 26 heavy (non-hydrogen) atoms. The average Bonchev–Trinajstić information content (AvgIpc) is 3.15. The Bertz CT molecular complexity index is 1070. The number of fused-ring (bicyclic) bond motifs is 2. The molecule has 4 rings (SSSR count). The Morgan fingerprint density at radius 1 is 1.19 bits per heavy atom. The number of carbonyl (C=O) groups is 2. The highest BCUT2D eigenvalue weighted by molar-refractivity contribution is 6.31. The molecule has 0 fully saturated rings. The number of carbonyl (C=O) groups excluding carboxylic acids is 1. The second-order valence-electron chi connectivity index (χ2n) is 6.01. The third-order valence-corrected chi connectivity index (χ3v) is 4.67. The van der Waals surface area contributed by atoms with Crippen LogP contribution in [0.3, 0.4) is 0 Å². The van der Waals surface area contributed by atoms with E-state index in [2.05, 4.69) is 0 Å². The van der Waals surface area contributed by atoms with Crippen molar-refractivity contribution >= 4 is 34.4 Å². The molecule has 6 nitrogen and oxygen atoms in total. The smallest absolute Gasteiger partial charge is 0.307 e. The Balaban J connectivity index is 1.97. The zero-order valence-corrected chi connectivity index (χ0v) is 14.5. The molecule has 0 spiro atoms. The van der Waals surface area contributed by atoms with E-state index in [4.69, 9.17) is 21.1 Å². The fourth-order valence-electron chi connectivity index (χ4n) is 3.26. The van der Waals surface area contributed by atoms with Gasteiger partial charge in [0.15, 0.2) is 11.5 Å². The Morgan fingerprint density at radius 3 is 2.62 bits per heavy atom. The first-order chi connectivity index (χ1) is 12.5. The van der Waals surface area contributed by atoms with Crippen LogP contribution in [0.4, 0.5) is 0 Å². The number of benzene rings is 2. The van der Waals surface area contributed by atoms with Gasteiger partial charge in [-0.25, -0.2) is 0 Å². The van der Waals surface area contributed by atoms with Crippen molar-refractivity contribution in [3.63, 3.8) is 0 Å². The fraction of sp³-hybridized carbons (Fsp3) is 0.158. The molecule has 0 saturated heterocycles. The van der Waals surface area contributed by atoms with Crippen LogP contribution in [-0.2, 0) is 11.2 Å². The zero-order chi connectivity index (χ0) is 18.4. The van der Waals surface area contributed by atoms with Crippen molar-refractivity contribution in [2.24, 2.45) is 0 Å². The number of hydrogen-bond acceptors (Lipinski definition) is 4. The van der Waals surface area contributed by atoms with Gasteiger partial charge in [-0.3, -0.25) is 14.2 Å². The summed E-state index contributed by atoms with van der Waals surface area (Å²) in [5.74, 6) is -0.195. The Hall–Kier alpha value is -2.99. The minimum Gasteiger partial charge on any atom is -0.481 e. The third kappa shape index (κ3) is 2.59. The van der Waals surface area contributed by atoms with Crippen molar-refractivity contribution in [3.8, 4) is 11.5 Å². The number of aliphatic carboxylic acids is 1. The van der Waals surface area contributed by atoms with Gasteiger partial charge in [-0.15, -0.1) is 0 Å². The summed E-state index contributed by atoms with van der Waals surface area (Å²) in [5, 5.41) is 10.4. The highest BCUT2D eigenvalue weighted by Crippen LogP contribution is 2.39. The average molecular weight is 372 g/mol. The highest BCUT2D eigenvalue weighted by atomic mass is 35.5. The molecule has 1 aliphatic rings. The van der Waals surface area contributed by atoms with Crippen LogP contribution < -0.4 is 9.47 Å². The third-order valence-electron chi connectivity index (χ3n) is 4.43. The molecule has 0 atom stereocenters. The summed E-state index contributed by atoms with van der Waals surface area (Å²) < 4.78 is 12.3. The maximum absolute atomic E-state index is 13.1. The van der Waals surface area contributed by atoms with Gasteiger partial charge in [-0.05, 0) is 36.8 Å². The van der Waals surface area contributed by atoms with Gasteiger partial charge in [0.05, 0.1) is 11.9 Å². The van der Waals surface area contributed by atoms with Crippen LogP contribution in [0.15, 0.2) is 36.4 Å². The largest absolute Gasteiger partial charge is 0.481 e. The van der Waals surface area contributed by atoms with E-state index in [1.54, 1.807) is 43.3 Å². The predicted molar refractivity (Wildman–Crippen MR) is 95.3 cm³/mol. The molecule has 2 aromatic carbocycles. The van der Waals surface area contributed by atoms with E-state index >= 15 is 0 Å². The van der Waals surface area contributed by atoms with E-state index < -0.39 is 5.97 Å². The molecule has 7 heteroatoms. The first-order valence-electron chi connectivity index (χ1n) is 7.91. The lowest BCUT2D eigenvalue weighted by atomic mass is 10.1. The first-order valence-corrected chi connectivity index (χ1v) is 8.29. The van der Waals surface area contributed by atoms with Gasteiger partial charge in [0, 0.05) is 27.7 Å².